The van der Waals surface area contributed by atoms with Gasteiger partial charge in [0.25, 0.3) is 11.8 Å². The van der Waals surface area contributed by atoms with Crippen LogP contribution in [0.4, 0.5) is 0 Å². The van der Waals surface area contributed by atoms with Gasteiger partial charge in [0.1, 0.15) is 5.76 Å². The van der Waals surface area contributed by atoms with Gasteiger partial charge in [-0.2, -0.15) is 0 Å². The van der Waals surface area contributed by atoms with Crippen molar-refractivity contribution in [2.45, 2.75) is 45.3 Å². The van der Waals surface area contributed by atoms with E-state index in [2.05, 4.69) is 0 Å². The Morgan fingerprint density at radius 1 is 1.08 bits per heavy atom. The Kier molecular flexibility index (Phi) is 7.83. The van der Waals surface area contributed by atoms with Crippen LogP contribution in [0.25, 0.3) is 0 Å². The van der Waals surface area contributed by atoms with E-state index in [-0.39, 0.29) is 17.7 Å². The second-order valence-corrected chi connectivity index (χ2v) is 9.13. The maximum atomic E-state index is 13.3. The molecule has 3 heterocycles. The number of rotatable bonds is 7. The number of aryl methyl sites for hydroxylation is 1. The first-order valence-corrected chi connectivity index (χ1v) is 12.1. The molecule has 1 saturated heterocycles. The van der Waals surface area contributed by atoms with E-state index in [1.807, 2.05) is 43.3 Å². The van der Waals surface area contributed by atoms with Crippen molar-refractivity contribution in [3.63, 3.8) is 0 Å². The Bertz CT molecular complexity index is 1200. The molecule has 0 unspecified atom stereocenters. The Morgan fingerprint density at radius 2 is 1.81 bits per heavy atom. The number of furan rings is 1. The molecule has 8 heteroatoms. The fourth-order valence-corrected chi connectivity index (χ4v) is 4.58. The van der Waals surface area contributed by atoms with Crippen molar-refractivity contribution in [1.82, 2.24) is 14.8 Å². The van der Waals surface area contributed by atoms with Gasteiger partial charge in [-0.1, -0.05) is 30.3 Å². The van der Waals surface area contributed by atoms with Gasteiger partial charge in [0.05, 0.1) is 24.1 Å². The summed E-state index contributed by atoms with van der Waals surface area (Å²) in [6, 6.07) is 16.4. The molecule has 0 spiro atoms. The topological polar surface area (TPSA) is 93.0 Å². The lowest BCUT2D eigenvalue weighted by Gasteiger charge is -2.34. The minimum atomic E-state index is -0.968. The highest BCUT2D eigenvalue weighted by Gasteiger charge is 2.33. The summed E-state index contributed by atoms with van der Waals surface area (Å²) in [6.45, 7) is 4.55. The number of benzene rings is 1. The predicted octanol–water partition coefficient (Wildman–Crippen LogP) is 4.27. The lowest BCUT2D eigenvalue weighted by atomic mass is 9.89. The van der Waals surface area contributed by atoms with Crippen molar-refractivity contribution in [3.8, 4) is 0 Å². The molecular weight excluding hydrogens is 458 g/mol. The number of likely N-dealkylation sites (tertiary alicyclic amines) is 1. The molecule has 188 valence electrons. The van der Waals surface area contributed by atoms with Crippen LogP contribution < -0.4 is 0 Å². The van der Waals surface area contributed by atoms with Gasteiger partial charge in [-0.15, -0.1) is 0 Å². The molecule has 2 aromatic heterocycles. The quantitative estimate of drug-likeness (QED) is 0.460. The average molecular weight is 490 g/mol. The van der Waals surface area contributed by atoms with E-state index in [1.165, 1.54) is 6.92 Å². The first-order valence-electron chi connectivity index (χ1n) is 12.1. The minimum Gasteiger partial charge on any atom is -0.467 e. The number of pyridine rings is 1. The van der Waals surface area contributed by atoms with E-state index >= 15 is 0 Å². The molecular formula is C28H31N3O5. The molecule has 1 atom stereocenters. The number of esters is 1. The molecule has 0 aliphatic carbocycles. The first kappa shape index (κ1) is 25.2. The summed E-state index contributed by atoms with van der Waals surface area (Å²) in [4.78, 5) is 46.4. The highest BCUT2D eigenvalue weighted by atomic mass is 16.5. The van der Waals surface area contributed by atoms with Gasteiger partial charge >= 0.3 is 5.97 Å². The summed E-state index contributed by atoms with van der Waals surface area (Å²) >= 11 is 0. The molecule has 36 heavy (non-hydrogen) atoms. The Hall–Kier alpha value is -3.94. The van der Waals surface area contributed by atoms with Gasteiger partial charge < -0.3 is 19.0 Å². The van der Waals surface area contributed by atoms with E-state index in [0.29, 0.717) is 49.4 Å². The van der Waals surface area contributed by atoms with E-state index in [4.69, 9.17) is 14.1 Å². The van der Waals surface area contributed by atoms with Crippen LogP contribution in [-0.4, -0.2) is 52.7 Å². The third-order valence-electron chi connectivity index (χ3n) is 6.42. The van der Waals surface area contributed by atoms with Crippen molar-refractivity contribution in [1.29, 1.82) is 0 Å². The molecule has 0 radical (unpaired) electrons. The van der Waals surface area contributed by atoms with Crippen LogP contribution >= 0.6 is 0 Å². The van der Waals surface area contributed by atoms with Crippen molar-refractivity contribution in [3.05, 3.63) is 89.1 Å². The lowest BCUT2D eigenvalue weighted by molar-refractivity contribution is -0.159. The number of carbonyl (C=O) groups excluding carboxylic acids is 3. The summed E-state index contributed by atoms with van der Waals surface area (Å²) in [7, 11) is 1.74. The highest BCUT2D eigenvalue weighted by Crippen LogP contribution is 2.32. The molecule has 1 aliphatic rings. The second kappa shape index (κ2) is 11.2. The number of piperidine rings is 1. The van der Waals surface area contributed by atoms with Crippen LogP contribution in [0.1, 0.15) is 64.9 Å². The standard InChI is InChI=1S/C28H31N3O5/c1-19-11-12-24(27(33)30(3)18-23-10-7-17-35-23)25(29-19)21-13-15-31(16-14-21)28(34)26(36-20(2)32)22-8-5-4-6-9-22/h4-12,17,21,26H,13-16,18H2,1-3H3/t26-/m0/s1. The summed E-state index contributed by atoms with van der Waals surface area (Å²) in [5, 5.41) is 0. The van der Waals surface area contributed by atoms with E-state index in [9.17, 15) is 14.4 Å². The zero-order valence-electron chi connectivity index (χ0n) is 20.8. The number of ether oxygens (including phenoxy) is 1. The van der Waals surface area contributed by atoms with Gasteiger partial charge in [0, 0.05) is 44.2 Å². The van der Waals surface area contributed by atoms with Crippen molar-refractivity contribution in [2.24, 2.45) is 0 Å². The summed E-state index contributed by atoms with van der Waals surface area (Å²) in [5.74, 6) is -0.111. The Balaban J connectivity index is 1.48. The lowest BCUT2D eigenvalue weighted by Crippen LogP contribution is -2.42. The maximum absolute atomic E-state index is 13.3. The number of carbonyl (C=O) groups is 3. The number of hydrogen-bond donors (Lipinski definition) is 0. The molecule has 0 saturated carbocycles. The Labute approximate surface area is 210 Å². The largest absolute Gasteiger partial charge is 0.467 e. The fourth-order valence-electron chi connectivity index (χ4n) is 4.58. The summed E-state index contributed by atoms with van der Waals surface area (Å²) in [5.41, 5.74) is 2.82. The van der Waals surface area contributed by atoms with E-state index in [0.717, 1.165) is 11.4 Å². The number of nitrogens with zero attached hydrogens (tertiary/aromatic N) is 3. The zero-order chi connectivity index (χ0) is 25.7. The number of aromatic nitrogens is 1. The van der Waals surface area contributed by atoms with Crippen molar-refractivity contribution in [2.75, 3.05) is 20.1 Å². The van der Waals surface area contributed by atoms with E-state index in [1.54, 1.807) is 41.3 Å². The van der Waals surface area contributed by atoms with Gasteiger partial charge in [-0.3, -0.25) is 19.4 Å². The smallest absolute Gasteiger partial charge is 0.303 e. The molecule has 0 bridgehead atoms. The van der Waals surface area contributed by atoms with Gasteiger partial charge in [-0.05, 0) is 44.0 Å². The molecule has 1 aromatic carbocycles. The summed E-state index contributed by atoms with van der Waals surface area (Å²) < 4.78 is 10.8. The SMILES string of the molecule is CC(=O)O[C@H](C(=O)N1CCC(c2nc(C)ccc2C(=O)N(C)Cc2ccco2)CC1)c1ccccc1. The first-order chi connectivity index (χ1) is 17.3. The third-order valence-corrected chi connectivity index (χ3v) is 6.42. The molecule has 1 aliphatic heterocycles. The maximum Gasteiger partial charge on any atom is 0.303 e. The summed E-state index contributed by atoms with van der Waals surface area (Å²) in [6.07, 6.45) is 1.94. The van der Waals surface area contributed by atoms with Crippen LogP contribution in [0.15, 0.2) is 65.3 Å². The van der Waals surface area contributed by atoms with Crippen LogP contribution in [-0.2, 0) is 20.9 Å². The number of amides is 2. The van der Waals surface area contributed by atoms with Crippen LogP contribution in [0.2, 0.25) is 0 Å². The van der Waals surface area contributed by atoms with E-state index < -0.39 is 12.1 Å². The van der Waals surface area contributed by atoms with Gasteiger partial charge in [0.15, 0.2) is 0 Å². The third kappa shape index (κ3) is 5.82. The molecule has 3 aromatic rings. The van der Waals surface area contributed by atoms with Crippen LogP contribution in [0, 0.1) is 6.92 Å². The molecule has 1 fully saturated rings. The second-order valence-electron chi connectivity index (χ2n) is 9.13. The van der Waals surface area contributed by atoms with Gasteiger partial charge in [-0.25, -0.2) is 0 Å². The highest BCUT2D eigenvalue weighted by molar-refractivity contribution is 5.95. The minimum absolute atomic E-state index is 0.0359. The molecule has 0 N–H and O–H groups in total. The Morgan fingerprint density at radius 3 is 2.44 bits per heavy atom. The van der Waals surface area contributed by atoms with Gasteiger partial charge in [0.2, 0.25) is 6.10 Å². The van der Waals surface area contributed by atoms with Crippen LogP contribution in [0.5, 0.6) is 0 Å². The fraction of sp³-hybridized carbons (Fsp3) is 0.357. The number of hydrogen-bond acceptors (Lipinski definition) is 6. The van der Waals surface area contributed by atoms with Crippen molar-refractivity contribution < 1.29 is 23.5 Å². The predicted molar refractivity (Wildman–Crippen MR) is 133 cm³/mol. The zero-order valence-corrected chi connectivity index (χ0v) is 20.8. The van der Waals surface area contributed by atoms with Crippen LogP contribution in [0.3, 0.4) is 0 Å². The molecule has 2 amide bonds. The molecule has 8 nitrogen and oxygen atoms in total. The monoisotopic (exact) mass is 489 g/mol. The van der Waals surface area contributed by atoms with Crippen molar-refractivity contribution >= 4 is 17.8 Å². The normalized spacial score (nSPS) is 14.8. The average Bonchev–Trinajstić information content (AvgIpc) is 3.40. The molecule has 4 rings (SSSR count).